The zero-order valence-electron chi connectivity index (χ0n) is 11.4. The summed E-state index contributed by atoms with van der Waals surface area (Å²) in [5.74, 6) is 0.0936. The maximum Gasteiger partial charge on any atom is 0.123 e. The molecule has 0 saturated heterocycles. The van der Waals surface area contributed by atoms with E-state index in [1.807, 2.05) is 22.9 Å². The number of benzene rings is 1. The second-order valence-electron chi connectivity index (χ2n) is 5.80. The molecule has 1 aliphatic rings. The summed E-state index contributed by atoms with van der Waals surface area (Å²) in [6.45, 7) is 0.574. The third-order valence-electron chi connectivity index (χ3n) is 4.20. The van der Waals surface area contributed by atoms with Crippen LogP contribution in [0.15, 0.2) is 43.0 Å². The molecule has 0 amide bonds. The number of nitrogens with zero attached hydrogens (tertiary/aromatic N) is 2. The van der Waals surface area contributed by atoms with Crippen LogP contribution >= 0.6 is 0 Å². The van der Waals surface area contributed by atoms with Gasteiger partial charge >= 0.3 is 0 Å². The van der Waals surface area contributed by atoms with E-state index in [1.54, 1.807) is 12.5 Å². The van der Waals surface area contributed by atoms with Gasteiger partial charge in [-0.15, -0.1) is 0 Å². The molecule has 0 spiro atoms. The summed E-state index contributed by atoms with van der Waals surface area (Å²) in [5.41, 5.74) is 0.424. The van der Waals surface area contributed by atoms with Gasteiger partial charge in [-0.3, -0.25) is 0 Å². The van der Waals surface area contributed by atoms with E-state index in [4.69, 9.17) is 0 Å². The Morgan fingerprint density at radius 2 is 2.15 bits per heavy atom. The van der Waals surface area contributed by atoms with Crippen molar-refractivity contribution in [2.45, 2.75) is 43.7 Å². The van der Waals surface area contributed by atoms with Gasteiger partial charge in [-0.05, 0) is 49.3 Å². The van der Waals surface area contributed by atoms with Crippen molar-refractivity contribution >= 4 is 0 Å². The first kappa shape index (κ1) is 13.3. The molecule has 1 saturated carbocycles. The molecule has 1 fully saturated rings. The first-order valence-electron chi connectivity index (χ1n) is 7.08. The Kier molecular flexibility index (Phi) is 3.57. The molecule has 0 radical (unpaired) electrons. The highest BCUT2D eigenvalue weighted by atomic mass is 19.1. The van der Waals surface area contributed by atoms with Crippen LogP contribution in [0.25, 0.3) is 0 Å². The van der Waals surface area contributed by atoms with E-state index in [9.17, 15) is 9.50 Å². The number of aromatic nitrogens is 2. The fraction of sp³-hybridized carbons (Fsp3) is 0.438. The quantitative estimate of drug-likeness (QED) is 0.934. The van der Waals surface area contributed by atoms with E-state index in [2.05, 4.69) is 4.98 Å². The zero-order valence-corrected chi connectivity index (χ0v) is 11.4. The number of hydrogen-bond acceptors (Lipinski definition) is 2. The number of hydrogen-bond donors (Lipinski definition) is 1. The van der Waals surface area contributed by atoms with Crippen LogP contribution in [-0.2, 0) is 6.54 Å². The van der Waals surface area contributed by atoms with Gasteiger partial charge in [0.2, 0.25) is 0 Å². The molecule has 20 heavy (non-hydrogen) atoms. The predicted molar refractivity (Wildman–Crippen MR) is 74.8 cm³/mol. The molecule has 2 unspecified atom stereocenters. The summed E-state index contributed by atoms with van der Waals surface area (Å²) < 4.78 is 14.9. The third-order valence-corrected chi connectivity index (χ3v) is 4.20. The first-order chi connectivity index (χ1) is 9.65. The van der Waals surface area contributed by atoms with Gasteiger partial charge in [-0.1, -0.05) is 12.1 Å². The first-order valence-corrected chi connectivity index (χ1v) is 7.08. The molecule has 0 aliphatic heterocycles. The minimum absolute atomic E-state index is 0.210. The lowest BCUT2D eigenvalue weighted by atomic mass is 9.75. The highest BCUT2D eigenvalue weighted by Crippen LogP contribution is 2.39. The molecule has 1 aliphatic carbocycles. The molecular formula is C16H19FN2O. The average molecular weight is 274 g/mol. The summed E-state index contributed by atoms with van der Waals surface area (Å²) in [5, 5.41) is 10.8. The smallest absolute Gasteiger partial charge is 0.123 e. The van der Waals surface area contributed by atoms with Gasteiger partial charge in [0.15, 0.2) is 0 Å². The van der Waals surface area contributed by atoms with E-state index in [1.165, 1.54) is 12.1 Å². The van der Waals surface area contributed by atoms with Crippen LogP contribution in [-0.4, -0.2) is 20.3 Å². The normalized spacial score (nSPS) is 26.6. The molecule has 1 aromatic carbocycles. The van der Waals surface area contributed by atoms with E-state index in [-0.39, 0.29) is 5.82 Å². The van der Waals surface area contributed by atoms with Gasteiger partial charge < -0.3 is 9.67 Å². The second-order valence-corrected chi connectivity index (χ2v) is 5.80. The molecule has 3 rings (SSSR count). The topological polar surface area (TPSA) is 38.0 Å². The fourth-order valence-electron chi connectivity index (χ4n) is 3.22. The van der Waals surface area contributed by atoms with Crippen molar-refractivity contribution in [2.75, 3.05) is 0 Å². The lowest BCUT2D eigenvalue weighted by Gasteiger charge is -2.37. The van der Waals surface area contributed by atoms with Crippen molar-refractivity contribution in [3.63, 3.8) is 0 Å². The van der Waals surface area contributed by atoms with Crippen LogP contribution in [0.1, 0.15) is 37.2 Å². The highest BCUT2D eigenvalue weighted by molar-refractivity contribution is 5.21. The minimum Gasteiger partial charge on any atom is -0.388 e. The number of rotatable bonds is 3. The predicted octanol–water partition coefficient (Wildman–Crippen LogP) is 3.11. The van der Waals surface area contributed by atoms with E-state index >= 15 is 0 Å². The van der Waals surface area contributed by atoms with Crippen LogP contribution in [0, 0.1) is 5.82 Å². The summed E-state index contributed by atoms with van der Waals surface area (Å²) >= 11 is 0. The Bertz CT molecular complexity index is 552. The Labute approximate surface area is 118 Å². The maximum atomic E-state index is 13.0. The maximum absolute atomic E-state index is 13.0. The van der Waals surface area contributed by atoms with Crippen molar-refractivity contribution in [3.8, 4) is 0 Å². The zero-order chi connectivity index (χ0) is 14.0. The van der Waals surface area contributed by atoms with Crippen LogP contribution in [0.2, 0.25) is 0 Å². The molecule has 1 aromatic heterocycles. The van der Waals surface area contributed by atoms with E-state index in [0.29, 0.717) is 12.5 Å². The minimum atomic E-state index is -0.696. The van der Waals surface area contributed by atoms with Crippen molar-refractivity contribution in [2.24, 2.45) is 0 Å². The molecule has 1 N–H and O–H groups in total. The van der Waals surface area contributed by atoms with Crippen molar-refractivity contribution in [1.82, 2.24) is 9.55 Å². The summed E-state index contributed by atoms with van der Waals surface area (Å²) in [4.78, 5) is 4.02. The van der Waals surface area contributed by atoms with E-state index in [0.717, 1.165) is 31.2 Å². The molecule has 3 nitrogen and oxygen atoms in total. The summed E-state index contributed by atoms with van der Waals surface area (Å²) in [6, 6.07) is 6.67. The second kappa shape index (κ2) is 5.37. The van der Waals surface area contributed by atoms with Crippen molar-refractivity contribution in [3.05, 3.63) is 54.4 Å². The van der Waals surface area contributed by atoms with Crippen molar-refractivity contribution < 1.29 is 9.50 Å². The third kappa shape index (κ3) is 2.90. The molecule has 2 atom stereocenters. The van der Waals surface area contributed by atoms with Gasteiger partial charge in [0.05, 0.1) is 18.5 Å². The summed E-state index contributed by atoms with van der Waals surface area (Å²) in [7, 11) is 0. The Morgan fingerprint density at radius 3 is 2.85 bits per heavy atom. The van der Waals surface area contributed by atoms with E-state index < -0.39 is 5.60 Å². The lowest BCUT2D eigenvalue weighted by molar-refractivity contribution is -0.0185. The van der Waals surface area contributed by atoms with Crippen LogP contribution in [0.5, 0.6) is 0 Å². The average Bonchev–Trinajstić information content (AvgIpc) is 2.91. The molecule has 2 aromatic rings. The molecule has 0 bridgehead atoms. The number of imidazole rings is 1. The lowest BCUT2D eigenvalue weighted by Crippen LogP contribution is -2.38. The summed E-state index contributed by atoms with van der Waals surface area (Å²) in [6.07, 6.45) is 8.91. The molecule has 106 valence electrons. The van der Waals surface area contributed by atoms with Crippen molar-refractivity contribution in [1.29, 1.82) is 0 Å². The standard InChI is InChI=1S/C16H19FN2O/c17-15-5-3-13(4-6-15)14-2-1-7-16(20,10-14)11-19-9-8-18-12-19/h3-6,8-9,12,14,20H,1-2,7,10-11H2. The fourth-order valence-corrected chi connectivity index (χ4v) is 3.22. The van der Waals surface area contributed by atoms with Crippen LogP contribution in [0.3, 0.4) is 0 Å². The number of halogens is 1. The van der Waals surface area contributed by atoms with Gasteiger partial charge in [-0.25, -0.2) is 9.37 Å². The molecule has 1 heterocycles. The molecule has 4 heteroatoms. The van der Waals surface area contributed by atoms with Gasteiger partial charge in [0.25, 0.3) is 0 Å². The van der Waals surface area contributed by atoms with Gasteiger partial charge in [0, 0.05) is 12.4 Å². The Hall–Kier alpha value is -1.68. The Balaban J connectivity index is 1.74. The van der Waals surface area contributed by atoms with Gasteiger partial charge in [0.1, 0.15) is 5.82 Å². The van der Waals surface area contributed by atoms with Gasteiger partial charge in [-0.2, -0.15) is 0 Å². The SMILES string of the molecule is OC1(Cn2ccnc2)CCCC(c2ccc(F)cc2)C1. The monoisotopic (exact) mass is 274 g/mol. The number of aliphatic hydroxyl groups is 1. The Morgan fingerprint density at radius 1 is 1.35 bits per heavy atom. The van der Waals surface area contributed by atoms with Crippen LogP contribution in [0.4, 0.5) is 4.39 Å². The van der Waals surface area contributed by atoms with Crippen LogP contribution < -0.4 is 0 Å². The largest absolute Gasteiger partial charge is 0.388 e. The molecular weight excluding hydrogens is 255 g/mol. The highest BCUT2D eigenvalue weighted by Gasteiger charge is 2.35.